The van der Waals surface area contributed by atoms with Crippen LogP contribution in [0.2, 0.25) is 0 Å². The largest absolute Gasteiger partial charge is 0.481 e. The van der Waals surface area contributed by atoms with Gasteiger partial charge in [-0.1, -0.05) is 55.7 Å². The summed E-state index contributed by atoms with van der Waals surface area (Å²) in [6.45, 7) is -0.165. The maximum Gasteiger partial charge on any atom is 0.416 e. The Balaban J connectivity index is 1.67. The van der Waals surface area contributed by atoms with Crippen LogP contribution in [0.15, 0.2) is 66.7 Å². The van der Waals surface area contributed by atoms with Gasteiger partial charge in [0.25, 0.3) is 5.91 Å². The van der Waals surface area contributed by atoms with Crippen LogP contribution >= 0.6 is 0 Å². The molecule has 1 saturated carbocycles. The molecule has 0 saturated heterocycles. The normalized spacial score (nSPS) is 14.8. The van der Waals surface area contributed by atoms with E-state index in [2.05, 4.69) is 5.32 Å². The number of alkyl halides is 6. The van der Waals surface area contributed by atoms with Gasteiger partial charge in [0.15, 0.2) is 11.6 Å². The van der Waals surface area contributed by atoms with Crippen LogP contribution in [0.3, 0.4) is 0 Å². The quantitative estimate of drug-likeness (QED) is 0.161. The maximum atomic E-state index is 13.7. The molecule has 46 heavy (non-hydrogen) atoms. The smallest absolute Gasteiger partial charge is 0.416 e. The zero-order chi connectivity index (χ0) is 33.6. The number of nitrogens with one attached hydrogen (secondary N) is 1. The van der Waals surface area contributed by atoms with Crippen molar-refractivity contribution in [2.45, 2.75) is 69.1 Å². The molecule has 0 radical (unpaired) electrons. The SMILES string of the molecule is O=C(O)CCNC(=O)c1ccc(C(CC(=O)c2ccc(C3CCCCC3)cc2)C(=O)c2cc(C(F)(F)F)cc(C(F)(F)F)c2)cc1. The van der Waals surface area contributed by atoms with Crippen LogP contribution in [0.4, 0.5) is 26.3 Å². The van der Waals surface area contributed by atoms with Crippen LogP contribution in [0, 0.1) is 0 Å². The van der Waals surface area contributed by atoms with Gasteiger partial charge in [-0.05, 0) is 60.2 Å². The molecule has 0 spiro atoms. The second-order valence-electron chi connectivity index (χ2n) is 11.3. The molecule has 1 aliphatic rings. The van der Waals surface area contributed by atoms with E-state index in [-0.39, 0.29) is 35.7 Å². The summed E-state index contributed by atoms with van der Waals surface area (Å²) in [6.07, 6.45) is -5.86. The Labute approximate surface area is 260 Å². The Morgan fingerprint density at radius 3 is 1.80 bits per heavy atom. The number of carboxylic acid groups (broad SMARTS) is 1. The number of ketones is 2. The standard InChI is InChI=1S/C34H31F6NO5/c35-33(36,37)26-16-25(17-27(18-26)34(38,39)40)31(45)28(22-8-12-24(13-9-22)32(46)41-15-14-30(43)44)19-29(42)23-10-6-21(7-11-23)20-4-2-1-3-5-20/h6-13,16-18,20,28H,1-5,14-15,19H2,(H,41,46)(H,43,44). The first-order valence-corrected chi connectivity index (χ1v) is 14.7. The lowest BCUT2D eigenvalue weighted by Crippen LogP contribution is -2.26. The molecule has 2 N–H and O–H groups in total. The van der Waals surface area contributed by atoms with E-state index in [4.69, 9.17) is 5.11 Å². The molecule has 1 fully saturated rings. The first-order chi connectivity index (χ1) is 21.6. The van der Waals surface area contributed by atoms with Crippen LogP contribution in [0.25, 0.3) is 0 Å². The van der Waals surface area contributed by atoms with Crippen molar-refractivity contribution in [1.29, 1.82) is 0 Å². The van der Waals surface area contributed by atoms with Crippen LogP contribution in [0.5, 0.6) is 0 Å². The van der Waals surface area contributed by atoms with Crippen molar-refractivity contribution in [3.63, 3.8) is 0 Å². The molecule has 1 atom stereocenters. The van der Waals surface area contributed by atoms with Crippen LogP contribution in [-0.4, -0.2) is 35.1 Å². The average Bonchev–Trinajstić information content (AvgIpc) is 3.02. The highest BCUT2D eigenvalue weighted by molar-refractivity contribution is 6.06. The van der Waals surface area contributed by atoms with Gasteiger partial charge in [-0.25, -0.2) is 0 Å². The highest BCUT2D eigenvalue weighted by atomic mass is 19.4. The van der Waals surface area contributed by atoms with Crippen molar-refractivity contribution >= 4 is 23.4 Å². The van der Waals surface area contributed by atoms with Crippen LogP contribution < -0.4 is 5.32 Å². The summed E-state index contributed by atoms with van der Waals surface area (Å²) in [4.78, 5) is 50.3. The molecule has 4 rings (SSSR count). The molecule has 1 unspecified atom stereocenters. The van der Waals surface area contributed by atoms with Crippen molar-refractivity contribution in [2.24, 2.45) is 0 Å². The fourth-order valence-electron chi connectivity index (χ4n) is 5.59. The average molecular weight is 648 g/mol. The molecule has 0 bridgehead atoms. The van der Waals surface area contributed by atoms with Gasteiger partial charge in [-0.3, -0.25) is 19.2 Å². The van der Waals surface area contributed by atoms with Gasteiger partial charge in [-0.2, -0.15) is 26.3 Å². The minimum absolute atomic E-state index is 0.0587. The highest BCUT2D eigenvalue weighted by Crippen LogP contribution is 2.38. The molecular weight excluding hydrogens is 616 g/mol. The third-order valence-electron chi connectivity index (χ3n) is 8.09. The van der Waals surface area contributed by atoms with E-state index >= 15 is 0 Å². The van der Waals surface area contributed by atoms with E-state index in [0.717, 1.165) is 37.7 Å². The van der Waals surface area contributed by atoms with Gasteiger partial charge >= 0.3 is 18.3 Å². The maximum absolute atomic E-state index is 13.7. The third kappa shape index (κ3) is 8.82. The summed E-state index contributed by atoms with van der Waals surface area (Å²) in [7, 11) is 0. The molecule has 12 heteroatoms. The Morgan fingerprint density at radius 2 is 1.28 bits per heavy atom. The summed E-state index contributed by atoms with van der Waals surface area (Å²) in [5.74, 6) is -4.59. The van der Waals surface area contributed by atoms with Gasteiger partial charge in [0.1, 0.15) is 0 Å². The fraction of sp³-hybridized carbons (Fsp3) is 0.353. The Bertz CT molecular complexity index is 1540. The Kier molecular flexibility index (Phi) is 10.7. The molecule has 1 amide bonds. The van der Waals surface area contributed by atoms with E-state index in [1.807, 2.05) is 12.1 Å². The molecule has 1 aliphatic carbocycles. The topological polar surface area (TPSA) is 101 Å². The van der Waals surface area contributed by atoms with Gasteiger partial charge in [0.2, 0.25) is 0 Å². The number of carbonyl (C=O) groups excluding carboxylic acids is 3. The number of rotatable bonds is 11. The lowest BCUT2D eigenvalue weighted by Gasteiger charge is -2.22. The van der Waals surface area contributed by atoms with Crippen LogP contribution in [-0.2, 0) is 17.1 Å². The van der Waals surface area contributed by atoms with E-state index in [0.29, 0.717) is 18.1 Å². The van der Waals surface area contributed by atoms with Crippen LogP contribution in [0.1, 0.15) is 110 Å². The van der Waals surface area contributed by atoms with Crippen molar-refractivity contribution in [2.75, 3.05) is 6.54 Å². The number of Topliss-reactive ketones (excluding diaryl/α,β-unsaturated/α-hetero) is 2. The molecule has 3 aromatic rings. The minimum Gasteiger partial charge on any atom is -0.481 e. The lowest BCUT2D eigenvalue weighted by atomic mass is 9.82. The zero-order valence-corrected chi connectivity index (χ0v) is 24.5. The Morgan fingerprint density at radius 1 is 0.739 bits per heavy atom. The molecular formula is C34H31F6NO5. The predicted molar refractivity (Wildman–Crippen MR) is 156 cm³/mol. The summed E-state index contributed by atoms with van der Waals surface area (Å²) in [5, 5.41) is 11.2. The highest BCUT2D eigenvalue weighted by Gasteiger charge is 2.38. The van der Waals surface area contributed by atoms with Gasteiger partial charge in [0.05, 0.1) is 23.5 Å². The molecule has 3 aromatic carbocycles. The van der Waals surface area contributed by atoms with Crippen molar-refractivity contribution in [3.05, 3.63) is 106 Å². The zero-order valence-electron chi connectivity index (χ0n) is 24.5. The second kappa shape index (κ2) is 14.3. The van der Waals surface area contributed by atoms with E-state index in [1.54, 1.807) is 12.1 Å². The first-order valence-electron chi connectivity index (χ1n) is 14.7. The molecule has 6 nitrogen and oxygen atoms in total. The third-order valence-corrected chi connectivity index (χ3v) is 8.09. The van der Waals surface area contributed by atoms with Crippen molar-refractivity contribution in [3.8, 4) is 0 Å². The predicted octanol–water partition coefficient (Wildman–Crippen LogP) is 8.22. The summed E-state index contributed by atoms with van der Waals surface area (Å²) < 4.78 is 81.4. The number of hydrogen-bond donors (Lipinski definition) is 2. The number of carboxylic acids is 1. The lowest BCUT2D eigenvalue weighted by molar-refractivity contribution is -0.143. The van der Waals surface area contributed by atoms with Crippen molar-refractivity contribution < 1.29 is 50.6 Å². The molecule has 0 aromatic heterocycles. The number of aliphatic carboxylic acids is 1. The molecule has 0 aliphatic heterocycles. The number of benzene rings is 3. The van der Waals surface area contributed by atoms with Gasteiger partial charge in [0, 0.05) is 29.7 Å². The summed E-state index contributed by atoms with van der Waals surface area (Å²) in [6, 6.07) is 12.5. The monoisotopic (exact) mass is 647 g/mol. The number of carbonyl (C=O) groups is 4. The number of hydrogen-bond acceptors (Lipinski definition) is 4. The number of halogens is 6. The summed E-state index contributed by atoms with van der Waals surface area (Å²) >= 11 is 0. The van der Waals surface area contributed by atoms with E-state index < -0.39 is 64.8 Å². The summed E-state index contributed by atoms with van der Waals surface area (Å²) in [5.41, 5.74) is -2.77. The molecule has 244 valence electrons. The van der Waals surface area contributed by atoms with Gasteiger partial charge in [-0.15, -0.1) is 0 Å². The van der Waals surface area contributed by atoms with Gasteiger partial charge < -0.3 is 10.4 Å². The van der Waals surface area contributed by atoms with E-state index in [1.165, 1.54) is 24.3 Å². The number of amides is 1. The Hall–Kier alpha value is -4.48. The van der Waals surface area contributed by atoms with E-state index in [9.17, 15) is 45.5 Å². The fourth-order valence-corrected chi connectivity index (χ4v) is 5.59. The molecule has 0 heterocycles. The second-order valence-corrected chi connectivity index (χ2v) is 11.3. The minimum atomic E-state index is -5.18. The first kappa shape index (κ1) is 34.4. The van der Waals surface area contributed by atoms with Crippen molar-refractivity contribution in [1.82, 2.24) is 5.32 Å².